The first-order valence-corrected chi connectivity index (χ1v) is 4.72. The van der Waals surface area contributed by atoms with Gasteiger partial charge in [-0.05, 0) is 12.8 Å². The first-order valence-electron chi connectivity index (χ1n) is 4.72. The molecule has 0 radical (unpaired) electrons. The van der Waals surface area contributed by atoms with Gasteiger partial charge in [0.2, 0.25) is 5.91 Å². The first-order chi connectivity index (χ1) is 6.24. The monoisotopic (exact) mass is 187 g/mol. The van der Waals surface area contributed by atoms with Gasteiger partial charge in [-0.1, -0.05) is 0 Å². The van der Waals surface area contributed by atoms with E-state index in [0.717, 1.165) is 19.4 Å². The first kappa shape index (κ1) is 10.5. The number of amides is 1. The summed E-state index contributed by atoms with van der Waals surface area (Å²) in [6, 6.07) is 0. The quantitative estimate of drug-likeness (QED) is 0.677. The zero-order valence-electron chi connectivity index (χ0n) is 8.03. The van der Waals surface area contributed by atoms with Crippen LogP contribution in [0, 0.1) is 0 Å². The van der Waals surface area contributed by atoms with Crippen molar-refractivity contribution in [3.05, 3.63) is 0 Å². The lowest BCUT2D eigenvalue weighted by Gasteiger charge is -2.31. The maximum Gasteiger partial charge on any atom is 0.219 e. The van der Waals surface area contributed by atoms with Gasteiger partial charge in [-0.3, -0.25) is 4.79 Å². The molecule has 0 bridgehead atoms. The molecule has 4 heteroatoms. The van der Waals surface area contributed by atoms with Crippen LogP contribution in [-0.2, 0) is 9.53 Å². The summed E-state index contributed by atoms with van der Waals surface area (Å²) >= 11 is 0. The summed E-state index contributed by atoms with van der Waals surface area (Å²) in [5.74, 6) is 0.109. The fourth-order valence-corrected chi connectivity index (χ4v) is 1.58. The summed E-state index contributed by atoms with van der Waals surface area (Å²) in [7, 11) is 0. The lowest BCUT2D eigenvalue weighted by molar-refractivity contribution is -0.133. The van der Waals surface area contributed by atoms with Crippen LogP contribution < -0.4 is 0 Å². The van der Waals surface area contributed by atoms with Crippen LogP contribution in [0.25, 0.3) is 0 Å². The third-order valence-electron chi connectivity index (χ3n) is 2.27. The van der Waals surface area contributed by atoms with E-state index in [2.05, 4.69) is 0 Å². The van der Waals surface area contributed by atoms with Gasteiger partial charge in [0.25, 0.3) is 0 Å². The standard InChI is InChI=1S/C9H17NO3/c1-8(12)10-4-2-3-9(7-10)13-6-5-11/h9,11H,2-7H2,1H3. The van der Waals surface area contributed by atoms with E-state index in [9.17, 15) is 4.79 Å². The lowest BCUT2D eigenvalue weighted by atomic mass is 10.1. The number of likely N-dealkylation sites (tertiary alicyclic amines) is 1. The molecule has 1 unspecified atom stereocenters. The highest BCUT2D eigenvalue weighted by atomic mass is 16.5. The van der Waals surface area contributed by atoms with Crippen molar-refractivity contribution in [2.75, 3.05) is 26.3 Å². The summed E-state index contributed by atoms with van der Waals surface area (Å²) in [5.41, 5.74) is 0. The summed E-state index contributed by atoms with van der Waals surface area (Å²) in [5, 5.41) is 8.57. The molecule has 0 spiro atoms. The number of ether oxygens (including phenoxy) is 1. The van der Waals surface area contributed by atoms with Gasteiger partial charge < -0.3 is 14.7 Å². The number of aliphatic hydroxyl groups excluding tert-OH is 1. The Bertz CT molecular complexity index is 172. The summed E-state index contributed by atoms with van der Waals surface area (Å²) in [4.78, 5) is 12.8. The SMILES string of the molecule is CC(=O)N1CCCC(OCCO)C1. The molecular weight excluding hydrogens is 170 g/mol. The van der Waals surface area contributed by atoms with Gasteiger partial charge in [0.05, 0.1) is 19.3 Å². The molecule has 0 aromatic carbocycles. The van der Waals surface area contributed by atoms with Crippen molar-refractivity contribution in [3.8, 4) is 0 Å². The van der Waals surface area contributed by atoms with Crippen LogP contribution in [0.3, 0.4) is 0 Å². The van der Waals surface area contributed by atoms with Gasteiger partial charge in [-0.25, -0.2) is 0 Å². The van der Waals surface area contributed by atoms with Gasteiger partial charge >= 0.3 is 0 Å². The Morgan fingerprint density at radius 3 is 3.08 bits per heavy atom. The van der Waals surface area contributed by atoms with Gasteiger partial charge in [-0.2, -0.15) is 0 Å². The van der Waals surface area contributed by atoms with Crippen molar-refractivity contribution in [1.29, 1.82) is 0 Å². The van der Waals surface area contributed by atoms with Crippen molar-refractivity contribution in [2.24, 2.45) is 0 Å². The Balaban J connectivity index is 2.29. The average Bonchev–Trinajstić information content (AvgIpc) is 2.15. The number of hydrogen-bond donors (Lipinski definition) is 1. The van der Waals surface area contributed by atoms with E-state index in [-0.39, 0.29) is 18.6 Å². The van der Waals surface area contributed by atoms with E-state index in [1.54, 1.807) is 11.8 Å². The molecular formula is C9H17NO3. The highest BCUT2D eigenvalue weighted by Gasteiger charge is 2.21. The van der Waals surface area contributed by atoms with E-state index >= 15 is 0 Å². The zero-order chi connectivity index (χ0) is 9.68. The molecule has 1 amide bonds. The Morgan fingerprint density at radius 2 is 2.46 bits per heavy atom. The summed E-state index contributed by atoms with van der Waals surface area (Å²) in [6.45, 7) is 3.52. The van der Waals surface area contributed by atoms with Crippen LogP contribution in [0.1, 0.15) is 19.8 Å². The maximum absolute atomic E-state index is 11.0. The number of aliphatic hydroxyl groups is 1. The van der Waals surface area contributed by atoms with Crippen LogP contribution in [0.5, 0.6) is 0 Å². The Labute approximate surface area is 78.5 Å². The number of rotatable bonds is 3. The predicted octanol–water partition coefficient (Wildman–Crippen LogP) is 0.00620. The van der Waals surface area contributed by atoms with E-state index in [1.165, 1.54) is 0 Å². The number of nitrogens with zero attached hydrogens (tertiary/aromatic N) is 1. The molecule has 1 aliphatic heterocycles. The molecule has 1 atom stereocenters. The molecule has 0 aromatic rings. The number of carbonyl (C=O) groups excluding carboxylic acids is 1. The highest BCUT2D eigenvalue weighted by molar-refractivity contribution is 5.73. The topological polar surface area (TPSA) is 49.8 Å². The average molecular weight is 187 g/mol. The summed E-state index contributed by atoms with van der Waals surface area (Å²) < 4.78 is 5.37. The van der Waals surface area contributed by atoms with Gasteiger partial charge in [0.15, 0.2) is 0 Å². The van der Waals surface area contributed by atoms with Crippen molar-refractivity contribution < 1.29 is 14.6 Å². The molecule has 4 nitrogen and oxygen atoms in total. The van der Waals surface area contributed by atoms with Crippen molar-refractivity contribution >= 4 is 5.91 Å². The Morgan fingerprint density at radius 1 is 1.69 bits per heavy atom. The molecule has 1 aliphatic rings. The molecule has 1 rings (SSSR count). The molecule has 1 fully saturated rings. The number of piperidine rings is 1. The van der Waals surface area contributed by atoms with Crippen LogP contribution in [-0.4, -0.2) is 48.3 Å². The van der Waals surface area contributed by atoms with Crippen molar-refractivity contribution in [3.63, 3.8) is 0 Å². The van der Waals surface area contributed by atoms with Crippen LogP contribution in [0.4, 0.5) is 0 Å². The fraction of sp³-hybridized carbons (Fsp3) is 0.889. The number of carbonyl (C=O) groups is 1. The third kappa shape index (κ3) is 3.32. The highest BCUT2D eigenvalue weighted by Crippen LogP contribution is 2.12. The smallest absolute Gasteiger partial charge is 0.219 e. The van der Waals surface area contributed by atoms with E-state index in [1.807, 2.05) is 0 Å². The molecule has 13 heavy (non-hydrogen) atoms. The molecule has 0 aliphatic carbocycles. The van der Waals surface area contributed by atoms with Gasteiger partial charge in [0.1, 0.15) is 0 Å². The van der Waals surface area contributed by atoms with Crippen LogP contribution >= 0.6 is 0 Å². The van der Waals surface area contributed by atoms with Gasteiger partial charge in [0, 0.05) is 20.0 Å². The minimum absolute atomic E-state index is 0.0522. The number of hydrogen-bond acceptors (Lipinski definition) is 3. The molecule has 1 N–H and O–H groups in total. The lowest BCUT2D eigenvalue weighted by Crippen LogP contribution is -2.42. The molecule has 0 aromatic heterocycles. The second kappa shape index (κ2) is 5.19. The normalized spacial score (nSPS) is 23.2. The van der Waals surface area contributed by atoms with Crippen LogP contribution in [0.2, 0.25) is 0 Å². The predicted molar refractivity (Wildman–Crippen MR) is 48.3 cm³/mol. The largest absolute Gasteiger partial charge is 0.394 e. The van der Waals surface area contributed by atoms with Gasteiger partial charge in [-0.15, -0.1) is 0 Å². The Hall–Kier alpha value is -0.610. The molecule has 76 valence electrons. The van der Waals surface area contributed by atoms with E-state index < -0.39 is 0 Å². The maximum atomic E-state index is 11.0. The second-order valence-corrected chi connectivity index (χ2v) is 3.32. The van der Waals surface area contributed by atoms with Crippen molar-refractivity contribution in [1.82, 2.24) is 4.90 Å². The van der Waals surface area contributed by atoms with Crippen molar-refractivity contribution in [2.45, 2.75) is 25.9 Å². The summed E-state index contributed by atoms with van der Waals surface area (Å²) in [6.07, 6.45) is 2.10. The zero-order valence-corrected chi connectivity index (χ0v) is 8.03. The van der Waals surface area contributed by atoms with E-state index in [0.29, 0.717) is 13.2 Å². The molecule has 0 saturated carbocycles. The fourth-order valence-electron chi connectivity index (χ4n) is 1.58. The van der Waals surface area contributed by atoms with E-state index in [4.69, 9.17) is 9.84 Å². The second-order valence-electron chi connectivity index (χ2n) is 3.32. The molecule has 1 saturated heterocycles. The third-order valence-corrected chi connectivity index (χ3v) is 2.27. The molecule has 1 heterocycles. The Kier molecular flexibility index (Phi) is 4.18. The van der Waals surface area contributed by atoms with Crippen LogP contribution in [0.15, 0.2) is 0 Å². The minimum Gasteiger partial charge on any atom is -0.394 e. The minimum atomic E-state index is 0.0522.